The van der Waals surface area contributed by atoms with E-state index in [9.17, 15) is 13.2 Å². The van der Waals surface area contributed by atoms with Gasteiger partial charge >= 0.3 is 5.97 Å². The third-order valence-corrected chi connectivity index (χ3v) is 4.05. The lowest BCUT2D eigenvalue weighted by molar-refractivity contribution is -0.131. The van der Waals surface area contributed by atoms with Crippen molar-refractivity contribution in [1.82, 2.24) is 0 Å². The summed E-state index contributed by atoms with van der Waals surface area (Å²) in [5.74, 6) is -0.0926. The van der Waals surface area contributed by atoms with Gasteiger partial charge in [0.2, 0.25) is 0 Å². The molecule has 0 unspecified atom stereocenters. The Balaban J connectivity index is 3.53. The first-order chi connectivity index (χ1) is 7.64. The fourth-order valence-corrected chi connectivity index (χ4v) is 3.33. The molecule has 1 aromatic rings. The van der Waals surface area contributed by atoms with Gasteiger partial charge in [-0.05, 0) is 43.5 Å². The molecule has 0 saturated heterocycles. The van der Waals surface area contributed by atoms with Crippen molar-refractivity contribution in [2.24, 2.45) is 0 Å². The largest absolute Gasteiger partial charge is 0.426 e. The van der Waals surface area contributed by atoms with Crippen LogP contribution >= 0.6 is 10.7 Å². The van der Waals surface area contributed by atoms with Gasteiger partial charge in [-0.2, -0.15) is 0 Å². The van der Waals surface area contributed by atoms with Crippen LogP contribution < -0.4 is 4.74 Å². The Kier molecular flexibility index (Phi) is 3.84. The van der Waals surface area contributed by atoms with Gasteiger partial charge in [-0.15, -0.1) is 0 Å². The molecule has 0 aliphatic rings. The van der Waals surface area contributed by atoms with Crippen molar-refractivity contribution in [3.8, 4) is 5.75 Å². The summed E-state index contributed by atoms with van der Waals surface area (Å²) in [7, 11) is 1.56. The Bertz CT molecular complexity index is 576. The maximum absolute atomic E-state index is 11.4. The number of hydrogen-bond donors (Lipinski definition) is 0. The molecular weight excluding hydrogens is 264 g/mol. The van der Waals surface area contributed by atoms with Gasteiger partial charge in [-0.25, -0.2) is 8.42 Å². The molecule has 4 nitrogen and oxygen atoms in total. The van der Waals surface area contributed by atoms with Crippen LogP contribution in [0.25, 0.3) is 0 Å². The summed E-state index contributed by atoms with van der Waals surface area (Å²) in [6.07, 6.45) is 0. The summed E-state index contributed by atoms with van der Waals surface area (Å²) in [5, 5.41) is 0. The van der Waals surface area contributed by atoms with E-state index in [4.69, 9.17) is 15.4 Å². The number of benzene rings is 1. The minimum atomic E-state index is -3.80. The summed E-state index contributed by atoms with van der Waals surface area (Å²) in [5.41, 5.74) is 1.54. The highest BCUT2D eigenvalue weighted by atomic mass is 35.7. The van der Waals surface area contributed by atoms with Gasteiger partial charge < -0.3 is 4.74 Å². The zero-order valence-electron chi connectivity index (χ0n) is 10.00. The van der Waals surface area contributed by atoms with Gasteiger partial charge in [0, 0.05) is 17.6 Å². The predicted molar refractivity (Wildman–Crippen MR) is 65.0 cm³/mol. The fraction of sp³-hybridized carbons (Fsp3) is 0.364. The van der Waals surface area contributed by atoms with Crippen molar-refractivity contribution < 1.29 is 17.9 Å². The van der Waals surface area contributed by atoms with Crippen molar-refractivity contribution in [2.75, 3.05) is 0 Å². The first kappa shape index (κ1) is 14.0. The summed E-state index contributed by atoms with van der Waals surface area (Å²) < 4.78 is 27.8. The maximum Gasteiger partial charge on any atom is 0.308 e. The molecule has 17 heavy (non-hydrogen) atoms. The summed E-state index contributed by atoms with van der Waals surface area (Å²) >= 11 is 0. The van der Waals surface area contributed by atoms with Crippen LogP contribution in [0.2, 0.25) is 0 Å². The van der Waals surface area contributed by atoms with Gasteiger partial charge in [0.1, 0.15) is 5.75 Å². The van der Waals surface area contributed by atoms with E-state index in [1.54, 1.807) is 20.8 Å². The highest BCUT2D eigenvalue weighted by molar-refractivity contribution is 8.13. The van der Waals surface area contributed by atoms with Crippen molar-refractivity contribution in [2.45, 2.75) is 32.6 Å². The van der Waals surface area contributed by atoms with Crippen LogP contribution in [0.5, 0.6) is 5.75 Å². The second-order valence-electron chi connectivity index (χ2n) is 3.80. The average Bonchev–Trinajstić information content (AvgIpc) is 2.10. The van der Waals surface area contributed by atoms with Gasteiger partial charge in [0.25, 0.3) is 9.05 Å². The first-order valence-corrected chi connectivity index (χ1v) is 7.19. The van der Waals surface area contributed by atoms with Crippen LogP contribution in [0.15, 0.2) is 11.0 Å². The van der Waals surface area contributed by atoms with Crippen LogP contribution in [0.1, 0.15) is 23.6 Å². The molecule has 6 heteroatoms. The Morgan fingerprint density at radius 2 is 1.76 bits per heavy atom. The highest BCUT2D eigenvalue weighted by Gasteiger charge is 2.21. The third-order valence-electron chi connectivity index (χ3n) is 2.48. The Morgan fingerprint density at radius 3 is 2.18 bits per heavy atom. The monoisotopic (exact) mass is 276 g/mol. The van der Waals surface area contributed by atoms with E-state index in [1.807, 2.05) is 0 Å². The predicted octanol–water partition coefficient (Wildman–Crippen LogP) is 2.46. The second-order valence-corrected chi connectivity index (χ2v) is 6.30. The summed E-state index contributed by atoms with van der Waals surface area (Å²) in [6, 6.07) is 1.50. The van der Waals surface area contributed by atoms with Crippen LogP contribution in [-0.4, -0.2) is 14.4 Å². The molecule has 0 aromatic heterocycles. The Morgan fingerprint density at radius 1 is 1.24 bits per heavy atom. The lowest BCUT2D eigenvalue weighted by atomic mass is 10.1. The van der Waals surface area contributed by atoms with E-state index in [0.29, 0.717) is 22.4 Å². The van der Waals surface area contributed by atoms with E-state index < -0.39 is 15.0 Å². The number of esters is 1. The average molecular weight is 277 g/mol. The van der Waals surface area contributed by atoms with Crippen molar-refractivity contribution in [3.05, 3.63) is 22.8 Å². The number of ether oxygens (including phenoxy) is 1. The van der Waals surface area contributed by atoms with E-state index in [1.165, 1.54) is 13.0 Å². The van der Waals surface area contributed by atoms with Crippen LogP contribution in [0, 0.1) is 20.8 Å². The van der Waals surface area contributed by atoms with Gasteiger partial charge in [0.15, 0.2) is 0 Å². The number of aryl methyl sites for hydroxylation is 1. The van der Waals surface area contributed by atoms with Gasteiger partial charge in [-0.1, -0.05) is 0 Å². The molecule has 0 heterocycles. The Labute approximate surface area is 105 Å². The van der Waals surface area contributed by atoms with E-state index >= 15 is 0 Å². The normalized spacial score (nSPS) is 11.4. The molecule has 0 spiro atoms. The molecule has 1 rings (SSSR count). The number of hydrogen-bond acceptors (Lipinski definition) is 4. The Hall–Kier alpha value is -1.07. The smallest absolute Gasteiger partial charge is 0.308 e. The SMILES string of the molecule is CC(=O)Oc1cc(C)c(S(=O)(=O)Cl)c(C)c1C. The van der Waals surface area contributed by atoms with E-state index in [0.717, 1.165) is 0 Å². The molecule has 1 aromatic carbocycles. The number of halogens is 1. The molecule has 0 saturated carbocycles. The lowest BCUT2D eigenvalue weighted by Gasteiger charge is -2.13. The number of carbonyl (C=O) groups is 1. The van der Waals surface area contributed by atoms with Gasteiger partial charge in [0.05, 0.1) is 4.90 Å². The standard InChI is InChI=1S/C11H13ClO4S/c1-6-5-10(16-9(4)13)7(2)8(3)11(6)17(12,14)15/h5H,1-4H3. The van der Waals surface area contributed by atoms with E-state index in [2.05, 4.69) is 0 Å². The zero-order valence-corrected chi connectivity index (χ0v) is 11.6. The van der Waals surface area contributed by atoms with E-state index in [-0.39, 0.29) is 4.90 Å². The molecule has 0 N–H and O–H groups in total. The fourth-order valence-electron chi connectivity index (χ4n) is 1.66. The molecule has 0 radical (unpaired) electrons. The summed E-state index contributed by atoms with van der Waals surface area (Å²) in [6.45, 7) is 6.20. The highest BCUT2D eigenvalue weighted by Crippen LogP contribution is 2.32. The molecule has 0 fully saturated rings. The van der Waals surface area contributed by atoms with Crippen molar-refractivity contribution in [3.63, 3.8) is 0 Å². The molecule has 0 bridgehead atoms. The summed E-state index contributed by atoms with van der Waals surface area (Å²) in [4.78, 5) is 11.0. The number of rotatable bonds is 2. The lowest BCUT2D eigenvalue weighted by Crippen LogP contribution is -2.07. The topological polar surface area (TPSA) is 60.4 Å². The minimum absolute atomic E-state index is 0.0765. The minimum Gasteiger partial charge on any atom is -0.426 e. The quantitative estimate of drug-likeness (QED) is 0.473. The zero-order chi connectivity index (χ0) is 13.4. The molecule has 0 atom stereocenters. The van der Waals surface area contributed by atoms with Gasteiger partial charge in [-0.3, -0.25) is 4.79 Å². The van der Waals surface area contributed by atoms with Crippen molar-refractivity contribution >= 4 is 25.7 Å². The molecule has 0 amide bonds. The molecular formula is C11H13ClO4S. The molecule has 94 valence electrons. The molecule has 0 aliphatic heterocycles. The molecule has 0 aliphatic carbocycles. The number of carbonyl (C=O) groups excluding carboxylic acids is 1. The second kappa shape index (κ2) is 4.66. The van der Waals surface area contributed by atoms with Crippen LogP contribution in [-0.2, 0) is 13.8 Å². The maximum atomic E-state index is 11.4. The van der Waals surface area contributed by atoms with Crippen molar-refractivity contribution in [1.29, 1.82) is 0 Å². The van der Waals surface area contributed by atoms with Crippen LogP contribution in [0.3, 0.4) is 0 Å². The third kappa shape index (κ3) is 2.98. The van der Waals surface area contributed by atoms with Crippen LogP contribution in [0.4, 0.5) is 0 Å². The first-order valence-electron chi connectivity index (χ1n) is 4.88.